The van der Waals surface area contributed by atoms with Crippen molar-refractivity contribution in [2.75, 3.05) is 0 Å². The molecule has 9 rings (SSSR count). The summed E-state index contributed by atoms with van der Waals surface area (Å²) in [7, 11) is -5.61. The van der Waals surface area contributed by atoms with Gasteiger partial charge in [-0.25, -0.2) is 0 Å². The molecule has 1 nitrogen and oxygen atoms in total. The molecule has 0 bridgehead atoms. The molecule has 0 amide bonds. The highest BCUT2D eigenvalue weighted by atomic mass is 35.6. The maximum absolute atomic E-state index is 8.01. The maximum atomic E-state index is 8.01. The van der Waals surface area contributed by atoms with Crippen molar-refractivity contribution in [2.24, 2.45) is 0 Å². The predicted octanol–water partition coefficient (Wildman–Crippen LogP) is 7.37. The minimum absolute atomic E-state index is 1.11. The Balaban J connectivity index is 1.34. The fourth-order valence-electron chi connectivity index (χ4n) is 8.24. The van der Waals surface area contributed by atoms with Gasteiger partial charge in [0.1, 0.15) is 0 Å². The van der Waals surface area contributed by atoms with E-state index in [4.69, 9.17) is 11.1 Å². The van der Waals surface area contributed by atoms with E-state index in [2.05, 4.69) is 223 Å². The predicted molar refractivity (Wildman–Crippen MR) is 228 cm³/mol. The molecular formula is C48H36ClNSi2. The number of aromatic nitrogens is 1. The first kappa shape index (κ1) is 32.2. The van der Waals surface area contributed by atoms with E-state index in [1.54, 1.807) is 0 Å². The van der Waals surface area contributed by atoms with E-state index < -0.39 is 15.5 Å². The van der Waals surface area contributed by atoms with E-state index in [1.807, 2.05) is 0 Å². The monoisotopic (exact) mass is 717 g/mol. The first-order valence-corrected chi connectivity index (χ1v) is 22.8. The lowest BCUT2D eigenvalue weighted by molar-refractivity contribution is 1.18. The van der Waals surface area contributed by atoms with E-state index in [0.29, 0.717) is 0 Å². The van der Waals surface area contributed by atoms with Gasteiger partial charge < -0.3 is 4.57 Å². The molecule has 0 unspecified atom stereocenters. The standard InChI is InChI=1S/C48H36ClNSi2/c49-52(41-26-12-4-13-27-41,42-28-14-5-15-29-42)44-30-18-19-37(35-44)50-47-32-17-16-31-45(47)46-34-33-43(36-48(46)50)51(38-20-6-1-7-21-38,39-22-8-2-9-23-39)40-24-10-3-11-25-40/h1-36H. The van der Waals surface area contributed by atoms with Gasteiger partial charge in [0, 0.05) is 16.5 Å². The number of benzene rings is 8. The second-order valence-corrected chi connectivity index (χ2v) is 21.9. The quantitative estimate of drug-likeness (QED) is 0.0880. The lowest BCUT2D eigenvalue weighted by Gasteiger charge is -2.34. The number of rotatable bonds is 8. The summed E-state index contributed by atoms with van der Waals surface area (Å²) in [5, 5.41) is 11.4. The second-order valence-electron chi connectivity index (χ2n) is 13.4. The first-order chi connectivity index (χ1) is 25.7. The summed E-state index contributed by atoms with van der Waals surface area (Å²) in [6, 6.07) is 79.7. The zero-order valence-corrected chi connectivity index (χ0v) is 31.4. The number of halogens is 1. The van der Waals surface area contributed by atoms with E-state index in [0.717, 1.165) is 10.9 Å². The van der Waals surface area contributed by atoms with Crippen molar-refractivity contribution in [3.8, 4) is 5.69 Å². The van der Waals surface area contributed by atoms with Crippen molar-refractivity contribution in [3.63, 3.8) is 0 Å². The first-order valence-electron chi connectivity index (χ1n) is 17.8. The highest BCUT2D eigenvalue weighted by Crippen LogP contribution is 2.32. The number of nitrogens with zero attached hydrogens (tertiary/aromatic N) is 1. The van der Waals surface area contributed by atoms with Crippen LogP contribution >= 0.6 is 11.1 Å². The van der Waals surface area contributed by atoms with Gasteiger partial charge >= 0.3 is 0 Å². The molecule has 0 radical (unpaired) electrons. The van der Waals surface area contributed by atoms with Gasteiger partial charge in [-0.1, -0.05) is 194 Å². The molecule has 1 aromatic heterocycles. The minimum atomic E-state index is -2.86. The molecule has 0 N–H and O–H groups in total. The van der Waals surface area contributed by atoms with Crippen molar-refractivity contribution in [2.45, 2.75) is 0 Å². The van der Waals surface area contributed by atoms with Crippen LogP contribution in [0.1, 0.15) is 0 Å². The molecule has 9 aromatic rings. The fourth-order valence-corrected chi connectivity index (χ4v) is 17.1. The third-order valence-electron chi connectivity index (χ3n) is 10.6. The second kappa shape index (κ2) is 13.4. The minimum Gasteiger partial charge on any atom is -0.309 e. The summed E-state index contributed by atoms with van der Waals surface area (Å²) in [5.74, 6) is 0. The van der Waals surface area contributed by atoms with Crippen LogP contribution in [0.5, 0.6) is 0 Å². The average Bonchev–Trinajstić information content (AvgIpc) is 3.56. The van der Waals surface area contributed by atoms with Gasteiger partial charge in [-0.05, 0) is 60.6 Å². The van der Waals surface area contributed by atoms with Crippen LogP contribution in [0.25, 0.3) is 27.5 Å². The normalized spacial score (nSPS) is 11.9. The van der Waals surface area contributed by atoms with Crippen molar-refractivity contribution < 1.29 is 0 Å². The average molecular weight is 718 g/mol. The van der Waals surface area contributed by atoms with Crippen LogP contribution < -0.4 is 36.3 Å². The molecule has 8 aromatic carbocycles. The van der Waals surface area contributed by atoms with Gasteiger partial charge in [-0.2, -0.15) is 0 Å². The van der Waals surface area contributed by atoms with Crippen molar-refractivity contribution >= 4 is 84.6 Å². The Morgan fingerprint density at radius 2 is 0.731 bits per heavy atom. The van der Waals surface area contributed by atoms with Crippen molar-refractivity contribution in [1.82, 2.24) is 4.57 Å². The Morgan fingerprint density at radius 1 is 0.308 bits per heavy atom. The molecule has 0 spiro atoms. The summed E-state index contributed by atoms with van der Waals surface area (Å²) in [5.41, 5.74) is 3.48. The number of fused-ring (bicyclic) bond motifs is 3. The van der Waals surface area contributed by atoms with Gasteiger partial charge in [0.15, 0.2) is 8.07 Å². The van der Waals surface area contributed by atoms with E-state index in [1.165, 1.54) is 52.9 Å². The van der Waals surface area contributed by atoms with Crippen LogP contribution in [0.4, 0.5) is 0 Å². The number of para-hydroxylation sites is 1. The van der Waals surface area contributed by atoms with Crippen LogP contribution in [0.2, 0.25) is 0 Å². The largest absolute Gasteiger partial charge is 0.309 e. The van der Waals surface area contributed by atoms with E-state index in [-0.39, 0.29) is 0 Å². The molecular weight excluding hydrogens is 682 g/mol. The molecule has 0 saturated carbocycles. The number of hydrogen-bond acceptors (Lipinski definition) is 0. The van der Waals surface area contributed by atoms with Crippen LogP contribution in [-0.2, 0) is 0 Å². The van der Waals surface area contributed by atoms with Gasteiger partial charge in [-0.15, -0.1) is 11.1 Å². The zero-order valence-electron chi connectivity index (χ0n) is 28.6. The third kappa shape index (κ3) is 5.20. The molecule has 0 aliphatic rings. The molecule has 1 heterocycles. The highest BCUT2D eigenvalue weighted by molar-refractivity contribution is 7.40. The molecule has 0 saturated heterocycles. The van der Waals surface area contributed by atoms with Gasteiger partial charge in [0.2, 0.25) is 7.38 Å². The summed E-state index contributed by atoms with van der Waals surface area (Å²) in [6.07, 6.45) is 0. The molecule has 4 heteroatoms. The van der Waals surface area contributed by atoms with E-state index >= 15 is 0 Å². The Morgan fingerprint density at radius 3 is 1.25 bits per heavy atom. The third-order valence-corrected chi connectivity index (χ3v) is 20.7. The lowest BCUT2D eigenvalue weighted by Crippen LogP contribution is -2.74. The van der Waals surface area contributed by atoms with Crippen LogP contribution in [0.3, 0.4) is 0 Å². The SMILES string of the molecule is Cl[Si](c1ccccc1)(c1ccccc1)c1cccc(-n2c3ccccc3c3ccc([Si](c4ccccc4)(c4ccccc4)c4ccccc4)cc32)c1. The zero-order chi connectivity index (χ0) is 35.0. The van der Waals surface area contributed by atoms with E-state index in [9.17, 15) is 0 Å². The van der Waals surface area contributed by atoms with Gasteiger partial charge in [0.05, 0.1) is 11.0 Å². The molecule has 52 heavy (non-hydrogen) atoms. The molecule has 248 valence electrons. The summed E-state index contributed by atoms with van der Waals surface area (Å²) in [4.78, 5) is 0. The Hall–Kier alpha value is -5.72. The van der Waals surface area contributed by atoms with Gasteiger partial charge in [-0.3, -0.25) is 0 Å². The number of hydrogen-bond donors (Lipinski definition) is 0. The fraction of sp³-hybridized carbons (Fsp3) is 0. The van der Waals surface area contributed by atoms with Crippen LogP contribution in [0.15, 0.2) is 218 Å². The topological polar surface area (TPSA) is 4.93 Å². The maximum Gasteiger partial charge on any atom is 0.248 e. The molecule has 0 fully saturated rings. The summed E-state index contributed by atoms with van der Waals surface area (Å²) >= 11 is 8.01. The highest BCUT2D eigenvalue weighted by Gasteiger charge is 2.42. The summed E-state index contributed by atoms with van der Waals surface area (Å²) in [6.45, 7) is 0. The Kier molecular flexibility index (Phi) is 8.33. The van der Waals surface area contributed by atoms with Crippen LogP contribution in [0, 0.1) is 0 Å². The van der Waals surface area contributed by atoms with Gasteiger partial charge in [0.25, 0.3) is 0 Å². The lowest BCUT2D eigenvalue weighted by atomic mass is 10.1. The van der Waals surface area contributed by atoms with Crippen LogP contribution in [-0.4, -0.2) is 20.0 Å². The van der Waals surface area contributed by atoms with Crippen molar-refractivity contribution in [3.05, 3.63) is 218 Å². The smallest absolute Gasteiger partial charge is 0.248 e. The Labute approximate surface area is 311 Å². The van der Waals surface area contributed by atoms with Crippen molar-refractivity contribution in [1.29, 1.82) is 0 Å². The molecule has 0 atom stereocenters. The molecule has 0 aliphatic heterocycles. The summed E-state index contributed by atoms with van der Waals surface area (Å²) < 4.78 is 2.46. The Bertz CT molecular complexity index is 2490. The molecule has 0 aliphatic carbocycles.